The largest absolute Gasteiger partial charge is 0.423 e. The Balaban J connectivity index is 1.77. The molecule has 0 aliphatic carbocycles. The van der Waals surface area contributed by atoms with Crippen LogP contribution in [-0.2, 0) is 4.79 Å². The highest BCUT2D eigenvalue weighted by molar-refractivity contribution is 6.30. The fraction of sp³-hybridized carbons (Fsp3) is 0.467. The number of anilines is 1. The van der Waals surface area contributed by atoms with E-state index in [-0.39, 0.29) is 11.9 Å². The highest BCUT2D eigenvalue weighted by atomic mass is 35.5. The number of benzene rings is 1. The topological polar surface area (TPSA) is 49.6 Å². The van der Waals surface area contributed by atoms with Gasteiger partial charge >= 0.3 is 0 Å². The van der Waals surface area contributed by atoms with Gasteiger partial charge in [-0.15, -0.1) is 11.6 Å². The summed E-state index contributed by atoms with van der Waals surface area (Å²) in [5, 5.41) is -0.479. The lowest BCUT2D eigenvalue weighted by Crippen LogP contribution is -2.55. The number of carbonyl (C=O) groups excluding carboxylic acids is 1. The second-order valence-corrected chi connectivity index (χ2v) is 6.06. The first-order valence-corrected chi connectivity index (χ1v) is 7.55. The van der Waals surface area contributed by atoms with Crippen LogP contribution in [0.2, 0.25) is 0 Å². The van der Waals surface area contributed by atoms with Crippen LogP contribution in [0, 0.1) is 0 Å². The number of carbonyl (C=O) groups is 1. The maximum atomic E-state index is 12.0. The molecule has 0 N–H and O–H groups in total. The minimum atomic E-state index is -0.479. The molecular weight excluding hydrogens is 290 g/mol. The minimum Gasteiger partial charge on any atom is -0.423 e. The van der Waals surface area contributed by atoms with Gasteiger partial charge in [0.2, 0.25) is 5.91 Å². The highest BCUT2D eigenvalue weighted by Crippen LogP contribution is 2.25. The van der Waals surface area contributed by atoms with E-state index >= 15 is 0 Å². The number of rotatable bonds is 2. The average molecular weight is 308 g/mol. The SMILES string of the molecule is CC(Cl)C(=O)N1CCN(c2nc3ccccc3o2)C(C)C1. The number of oxazole rings is 1. The van der Waals surface area contributed by atoms with Gasteiger partial charge in [-0.2, -0.15) is 4.98 Å². The summed E-state index contributed by atoms with van der Waals surface area (Å²) in [6, 6.07) is 8.48. The van der Waals surface area contributed by atoms with Crippen molar-refractivity contribution in [3.63, 3.8) is 0 Å². The molecule has 6 heteroatoms. The van der Waals surface area contributed by atoms with Crippen LogP contribution in [0.15, 0.2) is 28.7 Å². The van der Waals surface area contributed by atoms with Crippen molar-refractivity contribution in [2.75, 3.05) is 24.5 Å². The molecule has 2 unspecified atom stereocenters. The van der Waals surface area contributed by atoms with Crippen LogP contribution in [0.25, 0.3) is 11.1 Å². The van der Waals surface area contributed by atoms with Gasteiger partial charge in [-0.1, -0.05) is 12.1 Å². The summed E-state index contributed by atoms with van der Waals surface area (Å²) in [6.45, 7) is 5.74. The Bertz CT molecular complexity index is 622. The zero-order valence-electron chi connectivity index (χ0n) is 12.1. The van der Waals surface area contributed by atoms with Gasteiger partial charge < -0.3 is 14.2 Å². The Hall–Kier alpha value is -1.75. The molecule has 0 bridgehead atoms. The molecule has 2 aromatic rings. The summed E-state index contributed by atoms with van der Waals surface area (Å²) in [5.74, 6) is -0.0132. The first kappa shape index (κ1) is 14.2. The minimum absolute atomic E-state index is 0.0132. The number of piperazine rings is 1. The summed E-state index contributed by atoms with van der Waals surface area (Å²) in [5.41, 5.74) is 1.64. The number of fused-ring (bicyclic) bond motifs is 1. The number of halogens is 1. The molecule has 1 saturated heterocycles. The molecule has 1 amide bonds. The van der Waals surface area contributed by atoms with Crippen molar-refractivity contribution >= 4 is 34.6 Å². The number of amides is 1. The van der Waals surface area contributed by atoms with Gasteiger partial charge in [0.15, 0.2) is 5.58 Å². The first-order valence-electron chi connectivity index (χ1n) is 7.11. The molecule has 112 valence electrons. The number of aromatic nitrogens is 1. The third-order valence-electron chi connectivity index (χ3n) is 3.81. The number of hydrogen-bond donors (Lipinski definition) is 0. The van der Waals surface area contributed by atoms with Gasteiger partial charge in [-0.05, 0) is 26.0 Å². The summed E-state index contributed by atoms with van der Waals surface area (Å²) in [7, 11) is 0. The van der Waals surface area contributed by atoms with Crippen LogP contribution in [0.4, 0.5) is 6.01 Å². The normalized spacial score (nSPS) is 20.8. The van der Waals surface area contributed by atoms with Crippen LogP contribution < -0.4 is 4.90 Å². The van der Waals surface area contributed by atoms with E-state index in [0.29, 0.717) is 25.6 Å². The van der Waals surface area contributed by atoms with Gasteiger partial charge in [0.1, 0.15) is 10.9 Å². The van der Waals surface area contributed by atoms with Crippen molar-refractivity contribution in [1.82, 2.24) is 9.88 Å². The molecule has 1 fully saturated rings. The molecule has 1 aliphatic heterocycles. The van der Waals surface area contributed by atoms with Crippen LogP contribution in [0.1, 0.15) is 13.8 Å². The molecule has 21 heavy (non-hydrogen) atoms. The standard InChI is InChI=1S/C15H18ClN3O2/c1-10-9-18(14(20)11(2)16)7-8-19(10)15-17-12-5-3-4-6-13(12)21-15/h3-6,10-11H,7-9H2,1-2H3. The van der Waals surface area contributed by atoms with E-state index in [2.05, 4.69) is 16.8 Å². The van der Waals surface area contributed by atoms with Crippen molar-refractivity contribution in [1.29, 1.82) is 0 Å². The lowest BCUT2D eigenvalue weighted by molar-refractivity contribution is -0.131. The number of para-hydroxylation sites is 2. The molecule has 2 atom stereocenters. The zero-order chi connectivity index (χ0) is 15.0. The molecule has 0 spiro atoms. The first-order chi connectivity index (χ1) is 10.1. The molecule has 1 aromatic carbocycles. The fourth-order valence-electron chi connectivity index (χ4n) is 2.68. The fourth-order valence-corrected chi connectivity index (χ4v) is 2.81. The van der Waals surface area contributed by atoms with Crippen LogP contribution >= 0.6 is 11.6 Å². The molecule has 3 rings (SSSR count). The van der Waals surface area contributed by atoms with Crippen molar-refractivity contribution in [2.24, 2.45) is 0 Å². The second kappa shape index (κ2) is 5.56. The number of hydrogen-bond acceptors (Lipinski definition) is 4. The van der Waals surface area contributed by atoms with Gasteiger partial charge in [-0.3, -0.25) is 4.79 Å². The van der Waals surface area contributed by atoms with Crippen LogP contribution in [-0.4, -0.2) is 46.8 Å². The Morgan fingerprint density at radius 2 is 2.19 bits per heavy atom. The van der Waals surface area contributed by atoms with E-state index in [0.717, 1.165) is 11.1 Å². The van der Waals surface area contributed by atoms with E-state index < -0.39 is 5.38 Å². The molecule has 0 radical (unpaired) electrons. The highest BCUT2D eigenvalue weighted by Gasteiger charge is 2.30. The Labute approximate surface area is 128 Å². The predicted molar refractivity (Wildman–Crippen MR) is 82.7 cm³/mol. The molecule has 1 aromatic heterocycles. The summed E-state index contributed by atoms with van der Waals surface area (Å²) in [6.07, 6.45) is 0. The molecular formula is C15H18ClN3O2. The second-order valence-electron chi connectivity index (χ2n) is 5.41. The van der Waals surface area contributed by atoms with Gasteiger partial charge in [0, 0.05) is 25.7 Å². The molecule has 0 saturated carbocycles. The maximum absolute atomic E-state index is 12.0. The van der Waals surface area contributed by atoms with Gasteiger partial charge in [-0.25, -0.2) is 0 Å². The summed E-state index contributed by atoms with van der Waals surface area (Å²) >= 11 is 5.88. The van der Waals surface area contributed by atoms with Gasteiger partial charge in [0.25, 0.3) is 6.01 Å². The van der Waals surface area contributed by atoms with Gasteiger partial charge in [0.05, 0.1) is 0 Å². The molecule has 1 aliphatic rings. The Morgan fingerprint density at radius 1 is 1.43 bits per heavy atom. The van der Waals surface area contributed by atoms with Crippen LogP contribution in [0.5, 0.6) is 0 Å². The smallest absolute Gasteiger partial charge is 0.298 e. The van der Waals surface area contributed by atoms with Crippen LogP contribution in [0.3, 0.4) is 0 Å². The van der Waals surface area contributed by atoms with Crippen molar-refractivity contribution in [2.45, 2.75) is 25.3 Å². The molecule has 2 heterocycles. The van der Waals surface area contributed by atoms with E-state index in [1.165, 1.54) is 0 Å². The van der Waals surface area contributed by atoms with E-state index in [4.69, 9.17) is 16.0 Å². The van der Waals surface area contributed by atoms with Crippen molar-refractivity contribution < 1.29 is 9.21 Å². The van der Waals surface area contributed by atoms with E-state index in [1.807, 2.05) is 29.2 Å². The third kappa shape index (κ3) is 2.70. The Kier molecular flexibility index (Phi) is 3.76. The summed E-state index contributed by atoms with van der Waals surface area (Å²) in [4.78, 5) is 20.4. The average Bonchev–Trinajstić information content (AvgIpc) is 2.89. The third-order valence-corrected chi connectivity index (χ3v) is 3.99. The lowest BCUT2D eigenvalue weighted by atomic mass is 10.2. The molecule has 5 nitrogen and oxygen atoms in total. The summed E-state index contributed by atoms with van der Waals surface area (Å²) < 4.78 is 5.81. The number of alkyl halides is 1. The Morgan fingerprint density at radius 3 is 2.86 bits per heavy atom. The van der Waals surface area contributed by atoms with E-state index in [9.17, 15) is 4.79 Å². The number of nitrogens with zero attached hydrogens (tertiary/aromatic N) is 3. The predicted octanol–water partition coefficient (Wildman–Crippen LogP) is 2.49. The van der Waals surface area contributed by atoms with Crippen molar-refractivity contribution in [3.8, 4) is 0 Å². The van der Waals surface area contributed by atoms with Crippen molar-refractivity contribution in [3.05, 3.63) is 24.3 Å². The maximum Gasteiger partial charge on any atom is 0.298 e. The monoisotopic (exact) mass is 307 g/mol. The van der Waals surface area contributed by atoms with E-state index in [1.54, 1.807) is 6.92 Å². The lowest BCUT2D eigenvalue weighted by Gasteiger charge is -2.39. The zero-order valence-corrected chi connectivity index (χ0v) is 12.9. The quantitative estimate of drug-likeness (QED) is 0.800.